The molecule has 0 amide bonds. The van der Waals surface area contributed by atoms with Gasteiger partial charge in [-0.15, -0.1) is 11.3 Å². The zero-order valence-electron chi connectivity index (χ0n) is 13.5. The lowest BCUT2D eigenvalue weighted by atomic mass is 10.0. The second kappa shape index (κ2) is 7.66. The Kier molecular flexibility index (Phi) is 5.61. The Labute approximate surface area is 142 Å². The van der Waals surface area contributed by atoms with Gasteiger partial charge in [-0.25, -0.2) is 0 Å². The van der Waals surface area contributed by atoms with E-state index in [1.54, 1.807) is 17.5 Å². The first-order valence-electron chi connectivity index (χ1n) is 7.51. The molecule has 0 bridgehead atoms. The van der Waals surface area contributed by atoms with E-state index in [1.165, 1.54) is 4.88 Å². The maximum Gasteiger partial charge on any atom is 0.0994 e. The second-order valence-corrected chi connectivity index (χ2v) is 6.25. The number of aryl methyl sites for hydroxylation is 1. The van der Waals surface area contributed by atoms with Crippen LogP contribution in [0.5, 0.6) is 0 Å². The van der Waals surface area contributed by atoms with Gasteiger partial charge in [-0.1, -0.05) is 32.2 Å². The Hall–Kier alpha value is -2.51. The normalized spacial score (nSPS) is 11.3. The summed E-state index contributed by atoms with van der Waals surface area (Å²) in [6.07, 6.45) is 2.56. The largest absolute Gasteiger partial charge is 0.365 e. The van der Waals surface area contributed by atoms with E-state index in [1.807, 2.05) is 19.1 Å². The summed E-state index contributed by atoms with van der Waals surface area (Å²) in [5, 5.41) is 17.7. The molecule has 0 aliphatic heterocycles. The number of thiophene rings is 1. The molecule has 0 fully saturated rings. The van der Waals surface area contributed by atoms with E-state index >= 15 is 0 Å². The fraction of sp³-hybridized carbons (Fsp3) is 0.211. The van der Waals surface area contributed by atoms with Gasteiger partial charge in [0, 0.05) is 4.88 Å². The lowest BCUT2D eigenvalue weighted by Gasteiger charge is -2.18. The standard InChI is InChI=1S/C19H21N3S/c1-5-18(22-14(4)21-6-2)19-10-17(12-23-19)15-8-7-13(3)16(9-15)11-20/h6-10,12,18,21-22H,2,4-5H2,1,3H3. The molecule has 0 saturated heterocycles. The monoisotopic (exact) mass is 323 g/mol. The molecule has 0 aliphatic rings. The highest BCUT2D eigenvalue weighted by atomic mass is 32.1. The third-order valence-corrected chi connectivity index (χ3v) is 4.73. The Morgan fingerprint density at radius 1 is 1.39 bits per heavy atom. The summed E-state index contributed by atoms with van der Waals surface area (Å²) < 4.78 is 0. The lowest BCUT2D eigenvalue weighted by Crippen LogP contribution is -2.25. The van der Waals surface area contributed by atoms with Crippen molar-refractivity contribution < 1.29 is 0 Å². The SMILES string of the molecule is C=CNC(=C)NC(CC)c1cc(-c2ccc(C)c(C#N)c2)cs1. The van der Waals surface area contributed by atoms with E-state index in [-0.39, 0.29) is 6.04 Å². The Morgan fingerprint density at radius 2 is 2.17 bits per heavy atom. The summed E-state index contributed by atoms with van der Waals surface area (Å²) >= 11 is 1.71. The van der Waals surface area contributed by atoms with Gasteiger partial charge in [0.1, 0.15) is 0 Å². The Balaban J connectivity index is 2.24. The van der Waals surface area contributed by atoms with Crippen LogP contribution in [0.4, 0.5) is 0 Å². The van der Waals surface area contributed by atoms with Crippen molar-refractivity contribution in [2.45, 2.75) is 26.3 Å². The smallest absolute Gasteiger partial charge is 0.0994 e. The van der Waals surface area contributed by atoms with Crippen LogP contribution >= 0.6 is 11.3 Å². The van der Waals surface area contributed by atoms with Gasteiger partial charge >= 0.3 is 0 Å². The van der Waals surface area contributed by atoms with E-state index in [2.05, 4.69) is 54.3 Å². The summed E-state index contributed by atoms with van der Waals surface area (Å²) in [5.74, 6) is 0.740. The molecule has 3 nitrogen and oxygen atoms in total. The number of nitrogens with zero attached hydrogens (tertiary/aromatic N) is 1. The summed E-state index contributed by atoms with van der Waals surface area (Å²) in [7, 11) is 0. The zero-order valence-corrected chi connectivity index (χ0v) is 14.3. The maximum atomic E-state index is 9.19. The predicted octanol–water partition coefficient (Wildman–Crippen LogP) is 4.84. The third-order valence-electron chi connectivity index (χ3n) is 3.69. The van der Waals surface area contributed by atoms with Crippen LogP contribution in [0, 0.1) is 18.3 Å². The topological polar surface area (TPSA) is 47.8 Å². The fourth-order valence-electron chi connectivity index (χ4n) is 2.36. The first kappa shape index (κ1) is 16.9. The van der Waals surface area contributed by atoms with E-state index < -0.39 is 0 Å². The van der Waals surface area contributed by atoms with Gasteiger partial charge in [-0.2, -0.15) is 5.26 Å². The van der Waals surface area contributed by atoms with Crippen molar-refractivity contribution in [2.75, 3.05) is 0 Å². The first-order chi connectivity index (χ1) is 11.1. The van der Waals surface area contributed by atoms with Crippen LogP contribution in [0.25, 0.3) is 11.1 Å². The van der Waals surface area contributed by atoms with Crippen LogP contribution in [-0.2, 0) is 0 Å². The van der Waals surface area contributed by atoms with Crippen LogP contribution < -0.4 is 10.6 Å². The number of benzene rings is 1. The van der Waals surface area contributed by atoms with Crippen LogP contribution in [0.3, 0.4) is 0 Å². The van der Waals surface area contributed by atoms with Gasteiger partial charge < -0.3 is 10.6 Å². The molecule has 1 atom stereocenters. The number of nitrogens with one attached hydrogen (secondary N) is 2. The molecule has 2 aromatic rings. The minimum atomic E-state index is 0.203. The molecule has 4 heteroatoms. The molecular formula is C19H21N3S. The fourth-order valence-corrected chi connectivity index (χ4v) is 3.41. The highest BCUT2D eigenvalue weighted by Gasteiger charge is 2.13. The quantitative estimate of drug-likeness (QED) is 0.766. The van der Waals surface area contributed by atoms with Gasteiger partial charge in [0.15, 0.2) is 0 Å². The van der Waals surface area contributed by atoms with Gasteiger partial charge in [0.2, 0.25) is 0 Å². The van der Waals surface area contributed by atoms with Crippen LogP contribution in [-0.4, -0.2) is 0 Å². The average Bonchev–Trinajstić information content (AvgIpc) is 3.03. The second-order valence-electron chi connectivity index (χ2n) is 5.31. The Bertz CT molecular complexity index is 752. The van der Waals surface area contributed by atoms with E-state index in [0.717, 1.165) is 34.5 Å². The van der Waals surface area contributed by atoms with Gasteiger partial charge in [-0.3, -0.25) is 0 Å². The molecule has 23 heavy (non-hydrogen) atoms. The molecule has 0 spiro atoms. The minimum absolute atomic E-state index is 0.203. The van der Waals surface area contributed by atoms with Crippen molar-refractivity contribution in [3.05, 3.63) is 70.8 Å². The van der Waals surface area contributed by atoms with Crippen molar-refractivity contribution in [1.82, 2.24) is 10.6 Å². The molecule has 1 unspecified atom stereocenters. The summed E-state index contributed by atoms with van der Waals surface area (Å²) in [4.78, 5) is 1.24. The molecule has 1 heterocycles. The summed E-state index contributed by atoms with van der Waals surface area (Å²) in [5.41, 5.74) is 3.95. The van der Waals surface area contributed by atoms with Crippen LogP contribution in [0.2, 0.25) is 0 Å². The molecule has 118 valence electrons. The highest BCUT2D eigenvalue weighted by molar-refractivity contribution is 7.10. The number of nitriles is 1. The van der Waals surface area contributed by atoms with Crippen molar-refractivity contribution in [2.24, 2.45) is 0 Å². The van der Waals surface area contributed by atoms with E-state index in [4.69, 9.17) is 0 Å². The zero-order chi connectivity index (χ0) is 16.8. The van der Waals surface area contributed by atoms with Crippen LogP contribution in [0.1, 0.15) is 35.4 Å². The number of hydrogen-bond donors (Lipinski definition) is 2. The number of rotatable bonds is 7. The minimum Gasteiger partial charge on any atom is -0.365 e. The molecule has 2 N–H and O–H groups in total. The molecule has 2 rings (SSSR count). The van der Waals surface area contributed by atoms with Crippen molar-refractivity contribution in [3.8, 4) is 17.2 Å². The van der Waals surface area contributed by atoms with E-state index in [0.29, 0.717) is 0 Å². The van der Waals surface area contributed by atoms with Crippen LogP contribution in [0.15, 0.2) is 54.8 Å². The Morgan fingerprint density at radius 3 is 2.83 bits per heavy atom. The first-order valence-corrected chi connectivity index (χ1v) is 8.39. The maximum absolute atomic E-state index is 9.19. The molecule has 0 aliphatic carbocycles. The van der Waals surface area contributed by atoms with Gasteiger partial charge in [0.25, 0.3) is 0 Å². The molecule has 0 radical (unpaired) electrons. The average molecular weight is 323 g/mol. The molecule has 1 aromatic carbocycles. The van der Waals surface area contributed by atoms with Gasteiger partial charge in [-0.05, 0) is 53.7 Å². The van der Waals surface area contributed by atoms with Crippen molar-refractivity contribution in [3.63, 3.8) is 0 Å². The summed E-state index contributed by atoms with van der Waals surface area (Å²) in [6, 6.07) is 10.6. The molecule has 1 aromatic heterocycles. The molecular weight excluding hydrogens is 302 g/mol. The molecule has 0 saturated carbocycles. The lowest BCUT2D eigenvalue weighted by molar-refractivity contribution is 0.572. The van der Waals surface area contributed by atoms with Crippen molar-refractivity contribution >= 4 is 11.3 Å². The number of hydrogen-bond acceptors (Lipinski definition) is 4. The van der Waals surface area contributed by atoms with E-state index in [9.17, 15) is 5.26 Å². The highest BCUT2D eigenvalue weighted by Crippen LogP contribution is 2.31. The third kappa shape index (κ3) is 4.02. The van der Waals surface area contributed by atoms with Crippen molar-refractivity contribution in [1.29, 1.82) is 5.26 Å². The predicted molar refractivity (Wildman–Crippen MR) is 97.8 cm³/mol. The van der Waals surface area contributed by atoms with Gasteiger partial charge in [0.05, 0.1) is 23.5 Å². The summed E-state index contributed by atoms with van der Waals surface area (Å²) in [6.45, 7) is 11.7.